The van der Waals surface area contributed by atoms with Crippen LogP contribution in [0.1, 0.15) is 5.56 Å². The molecule has 0 radical (unpaired) electrons. The molecule has 0 unspecified atom stereocenters. The number of ether oxygens (including phenoxy) is 1. The van der Waals surface area contributed by atoms with Crippen molar-refractivity contribution in [1.82, 2.24) is 0 Å². The van der Waals surface area contributed by atoms with Crippen molar-refractivity contribution in [2.45, 2.75) is 6.42 Å². The average molecular weight is 331 g/mol. The molecule has 1 heterocycles. The molecule has 0 saturated carbocycles. The van der Waals surface area contributed by atoms with Gasteiger partial charge < -0.3 is 15.0 Å². The van der Waals surface area contributed by atoms with Gasteiger partial charge in [0.15, 0.2) is 6.61 Å². The normalized spacial score (nSPS) is 13.3. The molecule has 0 fully saturated rings. The van der Waals surface area contributed by atoms with Gasteiger partial charge in [-0.15, -0.1) is 0 Å². The lowest BCUT2D eigenvalue weighted by Crippen LogP contribution is -2.36. The van der Waals surface area contributed by atoms with Crippen LogP contribution in [0.3, 0.4) is 0 Å². The second-order valence-corrected chi connectivity index (χ2v) is 5.62. The number of amides is 2. The van der Waals surface area contributed by atoms with E-state index in [2.05, 4.69) is 5.32 Å². The van der Waals surface area contributed by atoms with E-state index in [0.29, 0.717) is 22.1 Å². The Hall–Kier alpha value is -2.53. The fraction of sp³-hybridized carbons (Fsp3) is 0.176. The summed E-state index contributed by atoms with van der Waals surface area (Å²) in [6, 6.07) is 12.5. The number of carbonyl (C=O) groups is 2. The molecule has 6 heteroatoms. The topological polar surface area (TPSA) is 58.6 Å². The molecule has 3 rings (SSSR count). The fourth-order valence-corrected chi connectivity index (χ4v) is 2.66. The van der Waals surface area contributed by atoms with Gasteiger partial charge in [0, 0.05) is 12.1 Å². The van der Waals surface area contributed by atoms with Crippen molar-refractivity contribution in [2.24, 2.45) is 0 Å². The molecular formula is C17H15ClN2O3. The first-order chi connectivity index (χ1) is 11.1. The minimum absolute atomic E-state index is 0.000519. The van der Waals surface area contributed by atoms with Gasteiger partial charge in [-0.25, -0.2) is 0 Å². The van der Waals surface area contributed by atoms with Crippen molar-refractivity contribution in [3.05, 3.63) is 53.1 Å². The van der Waals surface area contributed by atoms with Crippen LogP contribution in [0, 0.1) is 0 Å². The predicted molar refractivity (Wildman–Crippen MR) is 89.1 cm³/mol. The van der Waals surface area contributed by atoms with E-state index in [1.54, 1.807) is 37.4 Å². The molecule has 1 aliphatic heterocycles. The third-order valence-corrected chi connectivity index (χ3v) is 4.01. The number of carbonyl (C=O) groups excluding carboxylic acids is 2. The van der Waals surface area contributed by atoms with Gasteiger partial charge in [0.1, 0.15) is 11.4 Å². The number of rotatable bonds is 3. The molecule has 2 aromatic carbocycles. The standard InChI is InChI=1S/C17H15ClN2O3/c1-20-16(22)10-23-14-8-4-7-13(17(14)20)19-15(21)9-11-5-2-3-6-12(11)18/h2-8H,9-10H2,1H3,(H,19,21). The van der Waals surface area contributed by atoms with Crippen LogP contribution in [0.15, 0.2) is 42.5 Å². The Bertz CT molecular complexity index is 776. The third kappa shape index (κ3) is 3.14. The lowest BCUT2D eigenvalue weighted by atomic mass is 10.1. The Morgan fingerprint density at radius 2 is 2.04 bits per heavy atom. The maximum atomic E-state index is 12.3. The Labute approximate surface area is 138 Å². The summed E-state index contributed by atoms with van der Waals surface area (Å²) < 4.78 is 5.40. The number of benzene rings is 2. The highest BCUT2D eigenvalue weighted by atomic mass is 35.5. The largest absolute Gasteiger partial charge is 0.481 e. The second-order valence-electron chi connectivity index (χ2n) is 5.21. The van der Waals surface area contributed by atoms with Crippen molar-refractivity contribution in [2.75, 3.05) is 23.9 Å². The van der Waals surface area contributed by atoms with Crippen LogP contribution >= 0.6 is 11.6 Å². The maximum Gasteiger partial charge on any atom is 0.264 e. The molecule has 1 aliphatic rings. The van der Waals surface area contributed by atoms with Gasteiger partial charge in [0.2, 0.25) is 5.91 Å². The van der Waals surface area contributed by atoms with E-state index in [0.717, 1.165) is 5.56 Å². The van der Waals surface area contributed by atoms with Gasteiger partial charge in [-0.3, -0.25) is 9.59 Å². The quantitative estimate of drug-likeness (QED) is 0.941. The van der Waals surface area contributed by atoms with E-state index < -0.39 is 0 Å². The maximum absolute atomic E-state index is 12.3. The highest BCUT2D eigenvalue weighted by molar-refractivity contribution is 6.31. The van der Waals surface area contributed by atoms with Crippen molar-refractivity contribution >= 4 is 34.8 Å². The van der Waals surface area contributed by atoms with Crippen LogP contribution in [-0.4, -0.2) is 25.5 Å². The van der Waals surface area contributed by atoms with Crippen molar-refractivity contribution < 1.29 is 14.3 Å². The lowest BCUT2D eigenvalue weighted by molar-refractivity contribution is -0.121. The highest BCUT2D eigenvalue weighted by Gasteiger charge is 2.25. The lowest BCUT2D eigenvalue weighted by Gasteiger charge is -2.28. The van der Waals surface area contributed by atoms with E-state index in [1.165, 1.54) is 4.90 Å². The van der Waals surface area contributed by atoms with Crippen LogP contribution in [0.25, 0.3) is 0 Å². The molecule has 0 spiro atoms. The summed E-state index contributed by atoms with van der Waals surface area (Å²) in [4.78, 5) is 25.6. The molecule has 0 atom stereocenters. The number of nitrogens with zero attached hydrogens (tertiary/aromatic N) is 1. The Kier molecular flexibility index (Phi) is 4.21. The number of nitrogens with one attached hydrogen (secondary N) is 1. The van der Waals surface area contributed by atoms with Crippen LogP contribution in [0.4, 0.5) is 11.4 Å². The first-order valence-corrected chi connectivity index (χ1v) is 7.49. The van der Waals surface area contributed by atoms with Crippen LogP contribution in [0.5, 0.6) is 5.75 Å². The summed E-state index contributed by atoms with van der Waals surface area (Å²) in [6.45, 7) is 0.000519. The number of likely N-dealkylation sites (N-methyl/N-ethyl adjacent to an activating group) is 1. The Morgan fingerprint density at radius 1 is 1.26 bits per heavy atom. The number of anilines is 2. The summed E-state index contributed by atoms with van der Waals surface area (Å²) in [7, 11) is 1.66. The fourth-order valence-electron chi connectivity index (χ4n) is 2.46. The Morgan fingerprint density at radius 3 is 2.83 bits per heavy atom. The minimum atomic E-state index is -0.210. The van der Waals surface area contributed by atoms with Gasteiger partial charge in [-0.2, -0.15) is 0 Å². The molecule has 0 aromatic heterocycles. The van der Waals surface area contributed by atoms with E-state index in [9.17, 15) is 9.59 Å². The number of fused-ring (bicyclic) bond motifs is 1. The summed E-state index contributed by atoms with van der Waals surface area (Å²) in [5, 5.41) is 3.37. The number of hydrogen-bond acceptors (Lipinski definition) is 3. The molecule has 1 N–H and O–H groups in total. The summed E-state index contributed by atoms with van der Waals surface area (Å²) in [5.74, 6) is 0.200. The van der Waals surface area contributed by atoms with Gasteiger partial charge in [-0.1, -0.05) is 35.9 Å². The predicted octanol–water partition coefficient (Wildman–Crippen LogP) is 2.88. The second kappa shape index (κ2) is 6.30. The first-order valence-electron chi connectivity index (χ1n) is 7.12. The molecule has 0 bridgehead atoms. The van der Waals surface area contributed by atoms with Crippen LogP contribution < -0.4 is 15.0 Å². The highest BCUT2D eigenvalue weighted by Crippen LogP contribution is 2.38. The molecule has 0 aliphatic carbocycles. The third-order valence-electron chi connectivity index (χ3n) is 3.64. The van der Waals surface area contributed by atoms with Gasteiger partial charge >= 0.3 is 0 Å². The minimum Gasteiger partial charge on any atom is -0.481 e. The molecule has 5 nitrogen and oxygen atoms in total. The molecule has 0 saturated heterocycles. The van der Waals surface area contributed by atoms with Crippen LogP contribution in [-0.2, 0) is 16.0 Å². The van der Waals surface area contributed by atoms with E-state index in [1.807, 2.05) is 12.1 Å². The molecule has 23 heavy (non-hydrogen) atoms. The number of halogens is 1. The Balaban J connectivity index is 1.82. The number of hydrogen-bond donors (Lipinski definition) is 1. The SMILES string of the molecule is CN1C(=O)COc2cccc(NC(=O)Cc3ccccc3Cl)c21. The number of para-hydroxylation sites is 1. The van der Waals surface area contributed by atoms with Gasteiger partial charge in [0.25, 0.3) is 5.91 Å². The van der Waals surface area contributed by atoms with E-state index >= 15 is 0 Å². The van der Waals surface area contributed by atoms with Crippen molar-refractivity contribution in [3.63, 3.8) is 0 Å². The van der Waals surface area contributed by atoms with Crippen molar-refractivity contribution in [3.8, 4) is 5.75 Å². The molecular weight excluding hydrogens is 316 g/mol. The smallest absolute Gasteiger partial charge is 0.264 e. The zero-order valence-corrected chi connectivity index (χ0v) is 13.3. The average Bonchev–Trinajstić information content (AvgIpc) is 2.53. The first kappa shape index (κ1) is 15.4. The zero-order chi connectivity index (χ0) is 16.4. The molecule has 2 aromatic rings. The van der Waals surface area contributed by atoms with E-state index in [-0.39, 0.29) is 24.8 Å². The van der Waals surface area contributed by atoms with Gasteiger partial charge in [0.05, 0.1) is 12.1 Å². The monoisotopic (exact) mass is 330 g/mol. The zero-order valence-electron chi connectivity index (χ0n) is 12.5. The summed E-state index contributed by atoms with van der Waals surface area (Å²) >= 11 is 6.08. The van der Waals surface area contributed by atoms with Crippen LogP contribution in [0.2, 0.25) is 5.02 Å². The molecule has 2 amide bonds. The molecule has 118 valence electrons. The van der Waals surface area contributed by atoms with Crippen molar-refractivity contribution in [1.29, 1.82) is 0 Å². The van der Waals surface area contributed by atoms with Gasteiger partial charge in [-0.05, 0) is 23.8 Å². The summed E-state index contributed by atoms with van der Waals surface area (Å²) in [6.07, 6.45) is 0.155. The van der Waals surface area contributed by atoms with E-state index in [4.69, 9.17) is 16.3 Å². The summed E-state index contributed by atoms with van der Waals surface area (Å²) in [5.41, 5.74) is 1.85.